The van der Waals surface area contributed by atoms with Crippen LogP contribution in [0.15, 0.2) is 72.8 Å². The van der Waals surface area contributed by atoms with Crippen molar-refractivity contribution in [2.45, 2.75) is 76.2 Å². The van der Waals surface area contributed by atoms with E-state index in [4.69, 9.17) is 9.47 Å². The van der Waals surface area contributed by atoms with Crippen LogP contribution in [-0.4, -0.2) is 92.8 Å². The van der Waals surface area contributed by atoms with Crippen LogP contribution in [0.5, 0.6) is 5.75 Å². The Morgan fingerprint density at radius 3 is 1.55 bits per heavy atom. The van der Waals surface area contributed by atoms with Gasteiger partial charge >= 0.3 is 0 Å². The van der Waals surface area contributed by atoms with E-state index in [0.717, 1.165) is 69.3 Å². The van der Waals surface area contributed by atoms with Gasteiger partial charge in [0.2, 0.25) is 6.29 Å². The maximum absolute atomic E-state index is 14.2. The number of anilines is 1. The maximum atomic E-state index is 14.2. The van der Waals surface area contributed by atoms with Gasteiger partial charge in [-0.1, -0.05) is 63.3 Å². The van der Waals surface area contributed by atoms with Crippen LogP contribution in [0.1, 0.15) is 86.9 Å². The molecule has 0 radical (unpaired) electrons. The highest BCUT2D eigenvalue weighted by atomic mass is 16.7. The zero-order chi connectivity index (χ0) is 39.0. The third kappa shape index (κ3) is 5.39. The number of aliphatic hydroxyl groups excluding tert-OH is 4. The van der Waals surface area contributed by atoms with Crippen molar-refractivity contribution in [2.75, 3.05) is 18.1 Å². The fourth-order valence-corrected chi connectivity index (χ4v) is 8.78. The number of fused-ring (bicyclic) bond motifs is 2. The van der Waals surface area contributed by atoms with E-state index in [2.05, 4.69) is 6.92 Å². The lowest BCUT2D eigenvalue weighted by molar-refractivity contribution is -0.277. The molecule has 0 saturated carbocycles. The largest absolute Gasteiger partial charge is 0.462 e. The summed E-state index contributed by atoms with van der Waals surface area (Å²) < 4.78 is 11.1. The SMILES string of the molecule is CCCCCCCCN1C(=O)c2ccc3c4ccc5c6c(ccc(c7ccc(c2c37)C1=O)c64)C(=O)N(c1ccc(O[C@@H]2O[C@H](CO)[C@@H](O)[C@H](O)[C@H]2O)cc1)C5=O. The summed E-state index contributed by atoms with van der Waals surface area (Å²) in [5.41, 5.74) is 1.93. The van der Waals surface area contributed by atoms with Crippen LogP contribution in [0.4, 0.5) is 5.69 Å². The van der Waals surface area contributed by atoms with Crippen LogP contribution in [0.25, 0.3) is 43.1 Å². The van der Waals surface area contributed by atoms with E-state index in [-0.39, 0.29) is 23.3 Å². The van der Waals surface area contributed by atoms with E-state index in [1.807, 2.05) is 24.3 Å². The molecule has 0 spiro atoms. The maximum Gasteiger partial charge on any atom is 0.265 e. The first kappa shape index (κ1) is 36.2. The lowest BCUT2D eigenvalue weighted by Gasteiger charge is -2.39. The molecule has 1 saturated heterocycles. The molecule has 12 nitrogen and oxygen atoms in total. The molecular formula is C44H40N2O10. The van der Waals surface area contributed by atoms with E-state index in [0.29, 0.717) is 39.6 Å². The van der Waals surface area contributed by atoms with E-state index < -0.39 is 49.1 Å². The summed E-state index contributed by atoms with van der Waals surface area (Å²) in [6.45, 7) is 1.94. The molecule has 0 aromatic heterocycles. The first-order valence-electron chi connectivity index (χ1n) is 19.2. The number of amides is 4. The molecule has 3 aliphatic rings. The number of hydrogen-bond acceptors (Lipinski definition) is 10. The number of benzene rings is 6. The minimum Gasteiger partial charge on any atom is -0.462 e. The lowest BCUT2D eigenvalue weighted by Crippen LogP contribution is -2.60. The van der Waals surface area contributed by atoms with Gasteiger partial charge in [0, 0.05) is 39.6 Å². The third-order valence-electron chi connectivity index (χ3n) is 11.7. The van der Waals surface area contributed by atoms with Crippen LogP contribution in [0.2, 0.25) is 0 Å². The Labute approximate surface area is 320 Å². The second-order valence-corrected chi connectivity index (χ2v) is 14.9. The number of carbonyl (C=O) groups excluding carboxylic acids is 4. The Morgan fingerprint density at radius 1 is 0.571 bits per heavy atom. The summed E-state index contributed by atoms with van der Waals surface area (Å²) in [6, 6.07) is 20.5. The van der Waals surface area contributed by atoms with E-state index in [1.54, 1.807) is 24.3 Å². The predicted molar refractivity (Wildman–Crippen MR) is 208 cm³/mol. The highest BCUT2D eigenvalue weighted by molar-refractivity contribution is 6.43. The molecule has 3 aliphatic heterocycles. The molecule has 5 atom stereocenters. The molecule has 286 valence electrons. The molecule has 6 aromatic rings. The average molecular weight is 757 g/mol. The first-order valence-corrected chi connectivity index (χ1v) is 19.2. The van der Waals surface area contributed by atoms with Gasteiger partial charge in [-0.2, -0.15) is 0 Å². The highest BCUT2D eigenvalue weighted by Gasteiger charge is 2.45. The number of hydrogen-bond donors (Lipinski definition) is 4. The Balaban J connectivity index is 1.05. The van der Waals surface area contributed by atoms with Gasteiger partial charge in [-0.25, -0.2) is 4.90 Å². The van der Waals surface area contributed by atoms with Crippen LogP contribution < -0.4 is 9.64 Å². The molecule has 0 aliphatic carbocycles. The zero-order valence-corrected chi connectivity index (χ0v) is 30.6. The molecule has 56 heavy (non-hydrogen) atoms. The Bertz CT molecular complexity index is 2460. The molecule has 9 rings (SSSR count). The fraction of sp³-hybridized carbons (Fsp3) is 0.318. The van der Waals surface area contributed by atoms with Crippen molar-refractivity contribution >= 4 is 72.4 Å². The molecule has 1 fully saturated rings. The topological polar surface area (TPSA) is 174 Å². The van der Waals surface area contributed by atoms with Gasteiger partial charge in [0.25, 0.3) is 23.6 Å². The van der Waals surface area contributed by atoms with Crippen LogP contribution in [0, 0.1) is 0 Å². The molecule has 6 aromatic carbocycles. The Morgan fingerprint density at radius 2 is 1.05 bits per heavy atom. The van der Waals surface area contributed by atoms with Gasteiger partial charge in [-0.05, 0) is 87.3 Å². The summed E-state index contributed by atoms with van der Waals surface area (Å²) in [5.74, 6) is -1.44. The van der Waals surface area contributed by atoms with Gasteiger partial charge in [-0.3, -0.25) is 24.1 Å². The predicted octanol–water partition coefficient (Wildman–Crippen LogP) is 5.67. The minimum atomic E-state index is -1.61. The van der Waals surface area contributed by atoms with Crippen molar-refractivity contribution in [1.82, 2.24) is 4.90 Å². The summed E-state index contributed by atoms with van der Waals surface area (Å²) in [6.07, 6.45) is -1.03. The van der Waals surface area contributed by atoms with Crippen LogP contribution >= 0.6 is 0 Å². The fourth-order valence-electron chi connectivity index (χ4n) is 8.78. The molecular weight excluding hydrogens is 716 g/mol. The number of imide groups is 2. The average Bonchev–Trinajstić information content (AvgIpc) is 3.21. The molecule has 0 bridgehead atoms. The molecule has 4 N–H and O–H groups in total. The molecule has 3 heterocycles. The van der Waals surface area contributed by atoms with Gasteiger partial charge in [0.1, 0.15) is 30.2 Å². The number of nitrogens with zero attached hydrogens (tertiary/aromatic N) is 2. The van der Waals surface area contributed by atoms with Crippen molar-refractivity contribution in [2.24, 2.45) is 0 Å². The smallest absolute Gasteiger partial charge is 0.265 e. The second kappa shape index (κ2) is 13.9. The highest BCUT2D eigenvalue weighted by Crippen LogP contribution is 2.46. The zero-order valence-electron chi connectivity index (χ0n) is 30.6. The minimum absolute atomic E-state index is 0.182. The van der Waals surface area contributed by atoms with Crippen LogP contribution in [-0.2, 0) is 4.74 Å². The van der Waals surface area contributed by atoms with Gasteiger partial charge in [0.15, 0.2) is 0 Å². The standard InChI is InChI=1S/C44H40N2O10/c1-2-3-4-5-6-7-20-45-40(51)28-16-12-24-26-14-18-30-36-31(19-15-27(34(26)36)25-13-17-29(41(45)52)35(28)33(24)25)43(54)46(42(30)53)22-8-10-23(11-9-22)55-44-39(50)38(49)37(48)32(21-47)56-44/h8-19,32,37-39,44,47-50H,2-7,20-21H2,1H3/t32-,37-,38+,39-,44-/m1/s1. The van der Waals surface area contributed by atoms with Gasteiger partial charge < -0.3 is 29.9 Å². The summed E-state index contributed by atoms with van der Waals surface area (Å²) in [4.78, 5) is 58.6. The Hall–Kier alpha value is -5.50. The van der Waals surface area contributed by atoms with Crippen LogP contribution in [0.3, 0.4) is 0 Å². The molecule has 12 heteroatoms. The number of ether oxygens (including phenoxy) is 2. The molecule has 4 amide bonds. The van der Waals surface area contributed by atoms with E-state index in [1.165, 1.54) is 35.6 Å². The summed E-state index contributed by atoms with van der Waals surface area (Å²) in [5, 5.41) is 46.1. The van der Waals surface area contributed by atoms with E-state index >= 15 is 0 Å². The molecule has 0 unspecified atom stereocenters. The number of unbranched alkanes of at least 4 members (excludes halogenated alkanes) is 5. The van der Waals surface area contributed by atoms with Crippen molar-refractivity contribution in [3.8, 4) is 5.75 Å². The van der Waals surface area contributed by atoms with E-state index in [9.17, 15) is 39.6 Å². The van der Waals surface area contributed by atoms with Crippen molar-refractivity contribution in [1.29, 1.82) is 0 Å². The number of rotatable bonds is 11. The van der Waals surface area contributed by atoms with Crippen molar-refractivity contribution in [3.63, 3.8) is 0 Å². The quantitative estimate of drug-likeness (QED) is 0.0558. The van der Waals surface area contributed by atoms with Crippen molar-refractivity contribution in [3.05, 3.63) is 95.1 Å². The van der Waals surface area contributed by atoms with Gasteiger partial charge in [-0.15, -0.1) is 0 Å². The number of carbonyl (C=O) groups is 4. The first-order chi connectivity index (χ1) is 27.1. The monoisotopic (exact) mass is 756 g/mol. The summed E-state index contributed by atoms with van der Waals surface area (Å²) in [7, 11) is 0. The lowest BCUT2D eigenvalue weighted by atomic mass is 9.82. The number of aliphatic hydroxyl groups is 4. The third-order valence-corrected chi connectivity index (χ3v) is 11.7. The van der Waals surface area contributed by atoms with Gasteiger partial charge in [0.05, 0.1) is 12.3 Å². The van der Waals surface area contributed by atoms with Crippen molar-refractivity contribution < 1.29 is 49.1 Å². The second-order valence-electron chi connectivity index (χ2n) is 14.9. The summed E-state index contributed by atoms with van der Waals surface area (Å²) >= 11 is 0. The normalized spacial score (nSPS) is 22.4. The Kier molecular flexibility index (Phi) is 8.98.